The van der Waals surface area contributed by atoms with Gasteiger partial charge in [-0.2, -0.15) is 5.10 Å². The Hall–Kier alpha value is -5.08. The number of amides is 1. The maximum absolute atomic E-state index is 14.6. The number of H-pyrrole nitrogens is 2. The number of anilines is 1. The quantitative estimate of drug-likeness (QED) is 0.199. The number of aromatic amines is 2. The van der Waals surface area contributed by atoms with E-state index in [0.29, 0.717) is 67.4 Å². The van der Waals surface area contributed by atoms with Gasteiger partial charge in [0.25, 0.3) is 0 Å². The third kappa shape index (κ3) is 5.96. The van der Waals surface area contributed by atoms with E-state index in [1.807, 2.05) is 26.0 Å². The lowest BCUT2D eigenvalue weighted by atomic mass is 10.1. The maximum Gasteiger partial charge on any atom is 0.226 e. The fraction of sp³-hybridized carbons (Fsp3) is 0.172. The van der Waals surface area contributed by atoms with Crippen molar-refractivity contribution in [1.29, 1.82) is 0 Å². The Labute approximate surface area is 245 Å². The Morgan fingerprint density at radius 3 is 2.58 bits per heavy atom. The van der Waals surface area contributed by atoms with Crippen LogP contribution in [0.15, 0.2) is 61.1 Å². The average Bonchev–Trinajstić information content (AvgIpc) is 3.59. The first-order chi connectivity index (χ1) is 20.5. The number of benzene rings is 1. The minimum atomic E-state index is -3.46. The molecule has 0 spiro atoms. The van der Waals surface area contributed by atoms with Gasteiger partial charge in [-0.25, -0.2) is 27.5 Å². The van der Waals surface area contributed by atoms with Crippen molar-refractivity contribution in [3.63, 3.8) is 0 Å². The van der Waals surface area contributed by atoms with Crippen LogP contribution in [-0.2, 0) is 21.4 Å². The molecule has 0 saturated heterocycles. The lowest BCUT2D eigenvalue weighted by molar-refractivity contribution is -0.118. The summed E-state index contributed by atoms with van der Waals surface area (Å²) in [6, 6.07) is 11.5. The van der Waals surface area contributed by atoms with Gasteiger partial charge in [0.05, 0.1) is 40.6 Å². The number of hydrogen-bond acceptors (Lipinski definition) is 8. The number of fused-ring (bicyclic) bond motifs is 2. The number of halogens is 1. The van der Waals surface area contributed by atoms with Crippen molar-refractivity contribution in [2.75, 3.05) is 11.6 Å². The number of imidazole rings is 1. The number of carbonyl (C=O) groups is 1. The van der Waals surface area contributed by atoms with Crippen LogP contribution in [0.4, 0.5) is 10.1 Å². The van der Waals surface area contributed by atoms with Crippen LogP contribution in [0, 0.1) is 11.7 Å². The molecule has 0 bridgehead atoms. The van der Waals surface area contributed by atoms with E-state index in [0.717, 1.165) is 6.26 Å². The summed E-state index contributed by atoms with van der Waals surface area (Å²) in [5.41, 5.74) is 6.02. The van der Waals surface area contributed by atoms with Crippen molar-refractivity contribution in [2.24, 2.45) is 5.92 Å². The minimum Gasteiger partial charge on any atom is -0.336 e. The number of hydrogen-bond donors (Lipinski definition) is 4. The molecule has 0 atom stereocenters. The molecule has 14 heteroatoms. The Morgan fingerprint density at radius 1 is 0.977 bits per heavy atom. The molecule has 218 valence electrons. The molecular formula is C29H26FN9O3S. The molecule has 6 rings (SSSR count). The highest BCUT2D eigenvalue weighted by Gasteiger charge is 2.18. The second-order valence-corrected chi connectivity index (χ2v) is 12.2. The lowest BCUT2D eigenvalue weighted by Crippen LogP contribution is -2.21. The first kappa shape index (κ1) is 28.1. The number of nitrogens with zero attached hydrogens (tertiary/aromatic N) is 5. The summed E-state index contributed by atoms with van der Waals surface area (Å²) in [5.74, 6) is -0.398. The summed E-state index contributed by atoms with van der Waals surface area (Å²) in [4.78, 5) is 33.7. The summed E-state index contributed by atoms with van der Waals surface area (Å²) in [7, 11) is -3.46. The van der Waals surface area contributed by atoms with Gasteiger partial charge in [-0.15, -0.1) is 0 Å². The molecular weight excluding hydrogens is 573 g/mol. The average molecular weight is 600 g/mol. The highest BCUT2D eigenvalue weighted by molar-refractivity contribution is 7.88. The Kier molecular flexibility index (Phi) is 7.15. The predicted molar refractivity (Wildman–Crippen MR) is 161 cm³/mol. The summed E-state index contributed by atoms with van der Waals surface area (Å²) in [6.07, 6.45) is 5.86. The van der Waals surface area contributed by atoms with Gasteiger partial charge < -0.3 is 10.3 Å². The molecule has 1 amide bonds. The van der Waals surface area contributed by atoms with Crippen LogP contribution in [-0.4, -0.2) is 55.7 Å². The van der Waals surface area contributed by atoms with E-state index >= 15 is 0 Å². The van der Waals surface area contributed by atoms with Gasteiger partial charge in [-0.05, 0) is 48.0 Å². The standard InChI is InChI=1S/C29H26FN9O3S/c1-15(2)29(40)34-20-11-18(13-31-14-20)21-4-5-23-26(35-21)27(39-38-23)28-36-22-6-7-32-24(25(22)37-28)17-8-16(9-19(30)10-17)12-33-43(3,41)42/h4-11,13-15,33H,12H2,1-3H3,(H,34,40)(H,36,37)(H,38,39). The smallest absolute Gasteiger partial charge is 0.226 e. The molecule has 0 saturated carbocycles. The van der Waals surface area contributed by atoms with Gasteiger partial charge in [0.1, 0.15) is 16.9 Å². The van der Waals surface area contributed by atoms with Crippen molar-refractivity contribution in [2.45, 2.75) is 20.4 Å². The molecule has 0 aliphatic rings. The van der Waals surface area contributed by atoms with Gasteiger partial charge in [0.15, 0.2) is 11.5 Å². The number of nitrogens with one attached hydrogen (secondary N) is 4. The molecule has 4 N–H and O–H groups in total. The molecule has 0 aliphatic heterocycles. The van der Waals surface area contributed by atoms with Crippen LogP contribution in [0.5, 0.6) is 0 Å². The lowest BCUT2D eigenvalue weighted by Gasteiger charge is -2.08. The second-order valence-electron chi connectivity index (χ2n) is 10.4. The van der Waals surface area contributed by atoms with Crippen molar-refractivity contribution >= 4 is 43.7 Å². The predicted octanol–water partition coefficient (Wildman–Crippen LogP) is 4.41. The van der Waals surface area contributed by atoms with E-state index in [1.54, 1.807) is 36.8 Å². The first-order valence-corrected chi connectivity index (χ1v) is 15.1. The fourth-order valence-electron chi connectivity index (χ4n) is 4.52. The largest absolute Gasteiger partial charge is 0.336 e. The number of aromatic nitrogens is 7. The second kappa shape index (κ2) is 11.0. The third-order valence-electron chi connectivity index (χ3n) is 6.63. The molecule has 5 aromatic heterocycles. The van der Waals surface area contributed by atoms with Gasteiger partial charge in [-0.3, -0.25) is 19.9 Å². The van der Waals surface area contributed by atoms with Crippen LogP contribution in [0.3, 0.4) is 0 Å². The first-order valence-electron chi connectivity index (χ1n) is 13.2. The van der Waals surface area contributed by atoms with Crippen molar-refractivity contribution in [3.8, 4) is 34.0 Å². The zero-order valence-corrected chi connectivity index (χ0v) is 24.1. The van der Waals surface area contributed by atoms with E-state index in [1.165, 1.54) is 12.1 Å². The van der Waals surface area contributed by atoms with Crippen molar-refractivity contribution in [3.05, 3.63) is 72.4 Å². The molecule has 0 unspecified atom stereocenters. The summed E-state index contributed by atoms with van der Waals surface area (Å²) in [5, 5.41) is 10.3. The Bertz CT molecular complexity index is 2120. The van der Waals surface area contributed by atoms with E-state index in [4.69, 9.17) is 9.97 Å². The summed E-state index contributed by atoms with van der Waals surface area (Å²) < 4.78 is 40.0. The van der Waals surface area contributed by atoms with Gasteiger partial charge in [0.2, 0.25) is 15.9 Å². The third-order valence-corrected chi connectivity index (χ3v) is 7.30. The topological polar surface area (TPSA) is 171 Å². The van der Waals surface area contributed by atoms with Gasteiger partial charge in [0, 0.05) is 36.0 Å². The summed E-state index contributed by atoms with van der Waals surface area (Å²) >= 11 is 0. The molecule has 1 aromatic carbocycles. The highest BCUT2D eigenvalue weighted by Crippen LogP contribution is 2.31. The van der Waals surface area contributed by atoms with Gasteiger partial charge in [-0.1, -0.05) is 13.8 Å². The van der Waals surface area contributed by atoms with Crippen LogP contribution >= 0.6 is 0 Å². The highest BCUT2D eigenvalue weighted by atomic mass is 32.2. The summed E-state index contributed by atoms with van der Waals surface area (Å²) in [6.45, 7) is 3.56. The molecule has 0 radical (unpaired) electrons. The van der Waals surface area contributed by atoms with Crippen LogP contribution in [0.25, 0.3) is 56.1 Å². The minimum absolute atomic E-state index is 0.0683. The zero-order chi connectivity index (χ0) is 30.3. The van der Waals surface area contributed by atoms with E-state index in [9.17, 15) is 17.6 Å². The van der Waals surface area contributed by atoms with E-state index < -0.39 is 15.8 Å². The molecule has 0 aliphatic carbocycles. The SMILES string of the molecule is CC(C)C(=O)Nc1cncc(-c2ccc3[nH]nc(-c4nc5c(-c6cc(F)cc(CNS(C)(=O)=O)c6)nccc5[nH]4)c3n2)c1. The van der Waals surface area contributed by atoms with E-state index in [2.05, 4.69) is 35.2 Å². The number of rotatable bonds is 8. The molecule has 6 aromatic rings. The number of carbonyl (C=O) groups excluding carboxylic acids is 1. The molecule has 0 fully saturated rings. The number of sulfonamides is 1. The number of pyridine rings is 3. The normalized spacial score (nSPS) is 11.9. The van der Waals surface area contributed by atoms with Gasteiger partial charge >= 0.3 is 0 Å². The zero-order valence-electron chi connectivity index (χ0n) is 23.3. The Balaban J connectivity index is 1.38. The molecule has 5 heterocycles. The van der Waals surface area contributed by atoms with Crippen molar-refractivity contribution < 1.29 is 17.6 Å². The molecule has 43 heavy (non-hydrogen) atoms. The van der Waals surface area contributed by atoms with Crippen LogP contribution in [0.1, 0.15) is 19.4 Å². The van der Waals surface area contributed by atoms with E-state index in [-0.39, 0.29) is 18.4 Å². The molecule has 12 nitrogen and oxygen atoms in total. The fourth-order valence-corrected chi connectivity index (χ4v) is 4.95. The van der Waals surface area contributed by atoms with Crippen molar-refractivity contribution in [1.82, 2.24) is 39.8 Å². The Morgan fingerprint density at radius 2 is 1.79 bits per heavy atom. The van der Waals surface area contributed by atoms with Crippen LogP contribution in [0.2, 0.25) is 0 Å². The van der Waals surface area contributed by atoms with Crippen LogP contribution < -0.4 is 10.0 Å². The maximum atomic E-state index is 14.6. The monoisotopic (exact) mass is 599 g/mol.